The molecule has 0 aliphatic rings. The zero-order valence-electron chi connectivity index (χ0n) is 9.91. The van der Waals surface area contributed by atoms with Crippen LogP contribution in [0.5, 0.6) is 0 Å². The summed E-state index contributed by atoms with van der Waals surface area (Å²) in [5.41, 5.74) is 2.65. The second kappa shape index (κ2) is 5.81. The lowest BCUT2D eigenvalue weighted by Gasteiger charge is -2.17. The number of halogens is 3. The van der Waals surface area contributed by atoms with E-state index in [1.54, 1.807) is 24.4 Å². The summed E-state index contributed by atoms with van der Waals surface area (Å²) >= 11 is 0. The molecule has 0 amide bonds. The molecule has 2 rings (SSSR count). The van der Waals surface area contributed by atoms with Crippen LogP contribution in [0.25, 0.3) is 0 Å². The summed E-state index contributed by atoms with van der Waals surface area (Å²) in [6.07, 6.45) is 1.76. The summed E-state index contributed by atoms with van der Waals surface area (Å²) in [6, 6.07) is 5.63. The monoisotopic (exact) mass is 267 g/mol. The van der Waals surface area contributed by atoms with Crippen LogP contribution in [-0.2, 0) is 6.42 Å². The van der Waals surface area contributed by atoms with E-state index in [0.29, 0.717) is 17.8 Å². The van der Waals surface area contributed by atoms with E-state index in [0.717, 1.165) is 0 Å². The standard InChI is InChI=1S/C13H12F3N3/c14-8-5-10(15)13(11(16)6-8)12(19-17)7-9-3-1-2-4-18-9/h1-6,12,19H,7,17H2. The largest absolute Gasteiger partial charge is 0.271 e. The van der Waals surface area contributed by atoms with E-state index < -0.39 is 23.5 Å². The van der Waals surface area contributed by atoms with Gasteiger partial charge in [0.05, 0.1) is 6.04 Å². The maximum atomic E-state index is 13.7. The first-order valence-electron chi connectivity index (χ1n) is 5.62. The minimum atomic E-state index is -0.976. The predicted octanol–water partition coefficient (Wildman–Crippen LogP) is 2.25. The second-order valence-corrected chi connectivity index (χ2v) is 4.03. The highest BCUT2D eigenvalue weighted by Gasteiger charge is 2.21. The molecule has 0 fully saturated rings. The molecule has 2 aromatic rings. The molecule has 0 radical (unpaired) electrons. The number of hydrazine groups is 1. The molecule has 3 nitrogen and oxygen atoms in total. The number of nitrogens with one attached hydrogen (secondary N) is 1. The Labute approximate surface area is 108 Å². The van der Waals surface area contributed by atoms with Crippen LogP contribution in [0.1, 0.15) is 17.3 Å². The number of hydrogen-bond donors (Lipinski definition) is 2. The van der Waals surface area contributed by atoms with Crippen molar-refractivity contribution in [3.63, 3.8) is 0 Å². The molecule has 0 aliphatic carbocycles. The van der Waals surface area contributed by atoms with Crippen LogP contribution in [0.3, 0.4) is 0 Å². The molecule has 1 aromatic carbocycles. The number of rotatable bonds is 4. The lowest BCUT2D eigenvalue weighted by atomic mass is 10.0. The summed E-state index contributed by atoms with van der Waals surface area (Å²) in [5, 5.41) is 0. The molecule has 0 aliphatic heterocycles. The molecular weight excluding hydrogens is 255 g/mol. The summed E-state index contributed by atoms with van der Waals surface area (Å²) in [4.78, 5) is 4.05. The van der Waals surface area contributed by atoms with E-state index in [1.165, 1.54) is 0 Å². The molecule has 0 saturated heterocycles. The van der Waals surface area contributed by atoms with Gasteiger partial charge in [0.15, 0.2) is 0 Å². The molecule has 0 bridgehead atoms. The van der Waals surface area contributed by atoms with E-state index >= 15 is 0 Å². The minimum absolute atomic E-state index is 0.191. The minimum Gasteiger partial charge on any atom is -0.271 e. The quantitative estimate of drug-likeness (QED) is 0.660. The van der Waals surface area contributed by atoms with Crippen LogP contribution in [-0.4, -0.2) is 4.98 Å². The second-order valence-electron chi connectivity index (χ2n) is 4.03. The fourth-order valence-electron chi connectivity index (χ4n) is 1.86. The molecule has 1 heterocycles. The van der Waals surface area contributed by atoms with Gasteiger partial charge in [-0.25, -0.2) is 13.2 Å². The van der Waals surface area contributed by atoms with Crippen LogP contribution in [0.15, 0.2) is 36.5 Å². The number of pyridine rings is 1. The van der Waals surface area contributed by atoms with Crippen molar-refractivity contribution < 1.29 is 13.2 Å². The van der Waals surface area contributed by atoms with Crippen molar-refractivity contribution in [1.82, 2.24) is 10.4 Å². The first kappa shape index (κ1) is 13.5. The Hall–Kier alpha value is -1.92. The maximum Gasteiger partial charge on any atom is 0.133 e. The van der Waals surface area contributed by atoms with Gasteiger partial charge >= 0.3 is 0 Å². The van der Waals surface area contributed by atoms with Gasteiger partial charge in [-0.1, -0.05) is 6.07 Å². The van der Waals surface area contributed by atoms with Crippen LogP contribution in [0.4, 0.5) is 13.2 Å². The Bertz CT molecular complexity index is 537. The Morgan fingerprint density at radius 1 is 1.16 bits per heavy atom. The summed E-state index contributed by atoms with van der Waals surface area (Å²) in [6.45, 7) is 0. The highest BCUT2D eigenvalue weighted by molar-refractivity contribution is 5.25. The summed E-state index contributed by atoms with van der Waals surface area (Å²) in [5.74, 6) is 2.41. The normalized spacial score (nSPS) is 12.4. The van der Waals surface area contributed by atoms with E-state index in [9.17, 15) is 13.2 Å². The first-order valence-corrected chi connectivity index (χ1v) is 5.62. The molecule has 6 heteroatoms. The van der Waals surface area contributed by atoms with Gasteiger partial charge in [-0.2, -0.15) is 0 Å². The van der Waals surface area contributed by atoms with Crippen LogP contribution >= 0.6 is 0 Å². The van der Waals surface area contributed by atoms with Crippen molar-refractivity contribution >= 4 is 0 Å². The Kier molecular flexibility index (Phi) is 4.13. The average molecular weight is 267 g/mol. The number of nitrogens with zero attached hydrogens (tertiary/aromatic N) is 1. The number of nitrogens with two attached hydrogens (primary N) is 1. The molecule has 1 atom stereocenters. The van der Waals surface area contributed by atoms with Gasteiger partial charge in [0.2, 0.25) is 0 Å². The van der Waals surface area contributed by atoms with Gasteiger partial charge in [-0.05, 0) is 12.1 Å². The molecular formula is C13H12F3N3. The van der Waals surface area contributed by atoms with Crippen LogP contribution in [0.2, 0.25) is 0 Å². The third-order valence-electron chi connectivity index (χ3n) is 2.73. The van der Waals surface area contributed by atoms with Crippen molar-refractivity contribution in [3.8, 4) is 0 Å². The fraction of sp³-hybridized carbons (Fsp3) is 0.154. The van der Waals surface area contributed by atoms with Crippen molar-refractivity contribution in [2.24, 2.45) is 5.84 Å². The summed E-state index contributed by atoms with van der Waals surface area (Å²) < 4.78 is 40.2. The van der Waals surface area contributed by atoms with Crippen molar-refractivity contribution in [3.05, 3.63) is 65.2 Å². The van der Waals surface area contributed by atoms with Crippen molar-refractivity contribution in [2.45, 2.75) is 12.5 Å². The van der Waals surface area contributed by atoms with Gasteiger partial charge in [-0.15, -0.1) is 0 Å². The van der Waals surface area contributed by atoms with Crippen molar-refractivity contribution in [2.75, 3.05) is 0 Å². The van der Waals surface area contributed by atoms with Gasteiger partial charge in [-0.3, -0.25) is 16.3 Å². The van der Waals surface area contributed by atoms with Crippen molar-refractivity contribution in [1.29, 1.82) is 0 Å². The van der Waals surface area contributed by atoms with Gasteiger partial charge < -0.3 is 0 Å². The third kappa shape index (κ3) is 3.10. The zero-order valence-corrected chi connectivity index (χ0v) is 9.91. The van der Waals surface area contributed by atoms with E-state index in [-0.39, 0.29) is 12.0 Å². The van der Waals surface area contributed by atoms with E-state index in [2.05, 4.69) is 10.4 Å². The molecule has 19 heavy (non-hydrogen) atoms. The molecule has 0 spiro atoms. The highest BCUT2D eigenvalue weighted by Crippen LogP contribution is 2.24. The molecule has 100 valence electrons. The van der Waals surface area contributed by atoms with Crippen LogP contribution < -0.4 is 11.3 Å². The fourth-order valence-corrected chi connectivity index (χ4v) is 1.86. The molecule has 1 unspecified atom stereocenters. The Morgan fingerprint density at radius 2 is 1.84 bits per heavy atom. The smallest absolute Gasteiger partial charge is 0.133 e. The van der Waals surface area contributed by atoms with E-state index in [4.69, 9.17) is 5.84 Å². The van der Waals surface area contributed by atoms with Gasteiger partial charge in [0, 0.05) is 36.0 Å². The number of hydrogen-bond acceptors (Lipinski definition) is 3. The lowest BCUT2D eigenvalue weighted by Crippen LogP contribution is -2.31. The SMILES string of the molecule is NNC(Cc1ccccn1)c1c(F)cc(F)cc1F. The predicted molar refractivity (Wildman–Crippen MR) is 64.3 cm³/mol. The maximum absolute atomic E-state index is 13.7. The Morgan fingerprint density at radius 3 is 2.37 bits per heavy atom. The van der Waals surface area contributed by atoms with Gasteiger partial charge in [0.1, 0.15) is 17.5 Å². The Balaban J connectivity index is 2.32. The molecule has 0 saturated carbocycles. The lowest BCUT2D eigenvalue weighted by molar-refractivity contribution is 0.459. The van der Waals surface area contributed by atoms with Gasteiger partial charge in [0.25, 0.3) is 0 Å². The number of benzene rings is 1. The average Bonchev–Trinajstić information content (AvgIpc) is 2.37. The topological polar surface area (TPSA) is 50.9 Å². The molecule has 3 N–H and O–H groups in total. The molecule has 1 aromatic heterocycles. The number of aromatic nitrogens is 1. The third-order valence-corrected chi connectivity index (χ3v) is 2.73. The highest BCUT2D eigenvalue weighted by atomic mass is 19.1. The van der Waals surface area contributed by atoms with E-state index in [1.807, 2.05) is 0 Å². The summed E-state index contributed by atoms with van der Waals surface area (Å²) in [7, 11) is 0. The zero-order chi connectivity index (χ0) is 13.8. The van der Waals surface area contributed by atoms with Crippen LogP contribution in [0, 0.1) is 17.5 Å². The first-order chi connectivity index (χ1) is 9.11.